The molecule has 2 N–H and O–H groups in total. The molecule has 2 heteroatoms. The molecule has 0 radical (unpaired) electrons. The van der Waals surface area contributed by atoms with E-state index in [0.29, 0.717) is 6.42 Å². The lowest BCUT2D eigenvalue weighted by molar-refractivity contribution is 0.0540. The third-order valence-electron chi connectivity index (χ3n) is 3.28. The number of allylic oxidation sites excluding steroid dienone is 1. The maximum Gasteiger partial charge on any atom is 0.0631 e. The van der Waals surface area contributed by atoms with E-state index < -0.39 is 0 Å². The standard InChI is InChI=1S/C11H20O2/c1-8-4-5-10(13)11(2,3)9(8)6-7-12/h10,12-13H,4-7H2,1-3H3. The molecule has 0 aliphatic heterocycles. The molecular weight excluding hydrogens is 164 g/mol. The van der Waals surface area contributed by atoms with Gasteiger partial charge in [-0.1, -0.05) is 25.0 Å². The van der Waals surface area contributed by atoms with Crippen LogP contribution < -0.4 is 0 Å². The Morgan fingerprint density at radius 2 is 2.08 bits per heavy atom. The molecule has 0 heterocycles. The second-order valence-electron chi connectivity index (χ2n) is 4.51. The van der Waals surface area contributed by atoms with Gasteiger partial charge in [-0.2, -0.15) is 0 Å². The zero-order chi connectivity index (χ0) is 10.1. The maximum atomic E-state index is 9.84. The van der Waals surface area contributed by atoms with E-state index in [4.69, 9.17) is 5.11 Å². The molecule has 0 aromatic rings. The Hall–Kier alpha value is -0.340. The average molecular weight is 184 g/mol. The molecule has 76 valence electrons. The van der Waals surface area contributed by atoms with Crippen molar-refractivity contribution in [3.05, 3.63) is 11.1 Å². The van der Waals surface area contributed by atoms with Gasteiger partial charge in [-0.05, 0) is 26.2 Å². The Morgan fingerprint density at radius 3 is 2.62 bits per heavy atom. The number of aliphatic hydroxyl groups excluding tert-OH is 2. The first-order valence-corrected chi connectivity index (χ1v) is 4.98. The highest BCUT2D eigenvalue weighted by Gasteiger charge is 2.35. The Morgan fingerprint density at radius 1 is 1.46 bits per heavy atom. The highest BCUT2D eigenvalue weighted by atomic mass is 16.3. The van der Waals surface area contributed by atoms with Gasteiger partial charge < -0.3 is 10.2 Å². The highest BCUT2D eigenvalue weighted by molar-refractivity contribution is 5.24. The molecule has 0 bridgehead atoms. The third kappa shape index (κ3) is 1.94. The molecule has 2 nitrogen and oxygen atoms in total. The minimum atomic E-state index is -0.252. The fourth-order valence-corrected chi connectivity index (χ4v) is 2.26. The summed E-state index contributed by atoms with van der Waals surface area (Å²) in [6, 6.07) is 0. The number of hydrogen-bond donors (Lipinski definition) is 2. The molecule has 1 unspecified atom stereocenters. The molecule has 1 atom stereocenters. The van der Waals surface area contributed by atoms with E-state index in [1.807, 2.05) is 0 Å². The molecule has 13 heavy (non-hydrogen) atoms. The van der Waals surface area contributed by atoms with Crippen LogP contribution in [0.4, 0.5) is 0 Å². The van der Waals surface area contributed by atoms with Crippen LogP contribution in [-0.4, -0.2) is 22.9 Å². The number of aliphatic hydroxyl groups is 2. The summed E-state index contributed by atoms with van der Waals surface area (Å²) in [4.78, 5) is 0. The topological polar surface area (TPSA) is 40.5 Å². The predicted octanol–water partition coefficient (Wildman–Crippen LogP) is 1.87. The molecule has 0 aromatic carbocycles. The van der Waals surface area contributed by atoms with Gasteiger partial charge in [-0.15, -0.1) is 0 Å². The first-order chi connectivity index (χ1) is 6.00. The van der Waals surface area contributed by atoms with Crippen LogP contribution in [0.1, 0.15) is 40.0 Å². The normalized spacial score (nSPS) is 27.9. The summed E-state index contributed by atoms with van der Waals surface area (Å²) in [7, 11) is 0. The Kier molecular flexibility index (Phi) is 3.14. The first kappa shape index (κ1) is 10.7. The molecule has 0 aromatic heterocycles. The van der Waals surface area contributed by atoms with Crippen molar-refractivity contribution >= 4 is 0 Å². The minimum Gasteiger partial charge on any atom is -0.396 e. The minimum absolute atomic E-state index is 0.148. The van der Waals surface area contributed by atoms with E-state index in [0.717, 1.165) is 12.8 Å². The molecule has 0 saturated heterocycles. The van der Waals surface area contributed by atoms with Crippen molar-refractivity contribution < 1.29 is 10.2 Å². The lowest BCUT2D eigenvalue weighted by Gasteiger charge is -2.39. The van der Waals surface area contributed by atoms with Gasteiger partial charge in [-0.3, -0.25) is 0 Å². The summed E-state index contributed by atoms with van der Waals surface area (Å²) < 4.78 is 0. The van der Waals surface area contributed by atoms with Crippen LogP contribution in [0.3, 0.4) is 0 Å². The van der Waals surface area contributed by atoms with E-state index in [1.165, 1.54) is 11.1 Å². The van der Waals surface area contributed by atoms with Crippen LogP contribution in [0, 0.1) is 5.41 Å². The van der Waals surface area contributed by atoms with Crippen LogP contribution in [0.5, 0.6) is 0 Å². The van der Waals surface area contributed by atoms with Crippen LogP contribution in [0.15, 0.2) is 11.1 Å². The van der Waals surface area contributed by atoms with Crippen LogP contribution in [-0.2, 0) is 0 Å². The van der Waals surface area contributed by atoms with Crippen molar-refractivity contribution in [1.82, 2.24) is 0 Å². The zero-order valence-electron chi connectivity index (χ0n) is 8.80. The number of rotatable bonds is 2. The monoisotopic (exact) mass is 184 g/mol. The molecule has 0 spiro atoms. The van der Waals surface area contributed by atoms with Crippen LogP contribution >= 0.6 is 0 Å². The Labute approximate surface area is 80.3 Å². The van der Waals surface area contributed by atoms with Gasteiger partial charge in [0, 0.05) is 12.0 Å². The maximum absolute atomic E-state index is 9.84. The summed E-state index contributed by atoms with van der Waals surface area (Å²) >= 11 is 0. The summed E-state index contributed by atoms with van der Waals surface area (Å²) in [6.07, 6.45) is 2.28. The first-order valence-electron chi connectivity index (χ1n) is 4.98. The number of hydrogen-bond acceptors (Lipinski definition) is 2. The summed E-state index contributed by atoms with van der Waals surface area (Å²) in [5.41, 5.74) is 2.45. The van der Waals surface area contributed by atoms with E-state index in [-0.39, 0.29) is 18.1 Å². The van der Waals surface area contributed by atoms with Crippen molar-refractivity contribution in [2.45, 2.75) is 46.1 Å². The Bertz CT molecular complexity index is 216. The van der Waals surface area contributed by atoms with Gasteiger partial charge in [0.1, 0.15) is 0 Å². The van der Waals surface area contributed by atoms with Gasteiger partial charge in [0.2, 0.25) is 0 Å². The summed E-state index contributed by atoms with van der Waals surface area (Å²) in [6.45, 7) is 6.41. The molecule has 1 aliphatic carbocycles. The highest BCUT2D eigenvalue weighted by Crippen LogP contribution is 2.41. The van der Waals surface area contributed by atoms with Crippen molar-refractivity contribution in [2.75, 3.05) is 6.61 Å². The molecule has 0 saturated carbocycles. The van der Waals surface area contributed by atoms with Gasteiger partial charge in [0.25, 0.3) is 0 Å². The molecular formula is C11H20O2. The summed E-state index contributed by atoms with van der Waals surface area (Å²) in [5.74, 6) is 0. The van der Waals surface area contributed by atoms with Crippen molar-refractivity contribution in [2.24, 2.45) is 5.41 Å². The lowest BCUT2D eigenvalue weighted by Crippen LogP contribution is -2.35. The van der Waals surface area contributed by atoms with Gasteiger partial charge in [0.15, 0.2) is 0 Å². The van der Waals surface area contributed by atoms with Crippen molar-refractivity contribution in [3.8, 4) is 0 Å². The van der Waals surface area contributed by atoms with E-state index in [1.54, 1.807) is 0 Å². The lowest BCUT2D eigenvalue weighted by atomic mass is 9.70. The molecule has 1 aliphatic rings. The Balaban J connectivity index is 2.94. The van der Waals surface area contributed by atoms with Gasteiger partial charge in [0.05, 0.1) is 6.10 Å². The quantitative estimate of drug-likeness (QED) is 0.643. The predicted molar refractivity (Wildman–Crippen MR) is 53.4 cm³/mol. The van der Waals surface area contributed by atoms with E-state index in [2.05, 4.69) is 20.8 Å². The molecule has 0 amide bonds. The fourth-order valence-electron chi connectivity index (χ4n) is 2.26. The second-order valence-corrected chi connectivity index (χ2v) is 4.51. The van der Waals surface area contributed by atoms with Gasteiger partial charge in [-0.25, -0.2) is 0 Å². The SMILES string of the molecule is CC1=C(CCO)C(C)(C)C(O)CC1. The smallest absolute Gasteiger partial charge is 0.0631 e. The average Bonchev–Trinajstić information content (AvgIpc) is 2.06. The van der Waals surface area contributed by atoms with Crippen molar-refractivity contribution in [1.29, 1.82) is 0 Å². The van der Waals surface area contributed by atoms with Gasteiger partial charge >= 0.3 is 0 Å². The largest absolute Gasteiger partial charge is 0.396 e. The van der Waals surface area contributed by atoms with Crippen LogP contribution in [0.2, 0.25) is 0 Å². The molecule has 1 rings (SSSR count). The molecule has 0 fully saturated rings. The third-order valence-corrected chi connectivity index (χ3v) is 3.28. The fraction of sp³-hybridized carbons (Fsp3) is 0.818. The zero-order valence-corrected chi connectivity index (χ0v) is 8.80. The van der Waals surface area contributed by atoms with E-state index >= 15 is 0 Å². The van der Waals surface area contributed by atoms with E-state index in [9.17, 15) is 5.11 Å². The summed E-state index contributed by atoms with van der Waals surface area (Å²) in [5, 5.41) is 18.8. The van der Waals surface area contributed by atoms with Crippen molar-refractivity contribution in [3.63, 3.8) is 0 Å². The van der Waals surface area contributed by atoms with Crippen LogP contribution in [0.25, 0.3) is 0 Å². The second kappa shape index (κ2) is 3.81.